The van der Waals surface area contributed by atoms with E-state index in [1.165, 1.54) is 24.3 Å². The van der Waals surface area contributed by atoms with E-state index in [2.05, 4.69) is 0 Å². The van der Waals surface area contributed by atoms with Crippen LogP contribution in [-0.2, 0) is 16.4 Å². The van der Waals surface area contributed by atoms with Crippen molar-refractivity contribution in [1.82, 2.24) is 4.57 Å². The number of hydrogen-bond acceptors (Lipinski definition) is 3. The summed E-state index contributed by atoms with van der Waals surface area (Å²) < 4.78 is 41.8. The molecule has 1 heterocycles. The van der Waals surface area contributed by atoms with Crippen molar-refractivity contribution in [1.29, 1.82) is 5.26 Å². The highest BCUT2D eigenvalue weighted by molar-refractivity contribution is 7.95. The van der Waals surface area contributed by atoms with E-state index in [0.717, 1.165) is 10.9 Å². The molecular weight excluding hydrogens is 399 g/mol. The van der Waals surface area contributed by atoms with Crippen molar-refractivity contribution in [2.45, 2.75) is 11.4 Å². The minimum Gasteiger partial charge on any atom is -0.342 e. The number of nitriles is 1. The lowest BCUT2D eigenvalue weighted by Gasteiger charge is -2.06. The number of benzene rings is 3. The van der Waals surface area contributed by atoms with Gasteiger partial charge in [0.15, 0.2) is 0 Å². The molecule has 0 amide bonds. The van der Waals surface area contributed by atoms with Crippen molar-refractivity contribution in [2.24, 2.45) is 0 Å². The van der Waals surface area contributed by atoms with Gasteiger partial charge in [0, 0.05) is 28.2 Å². The second-order valence-corrected chi connectivity index (χ2v) is 8.68. The average molecular weight is 416 g/mol. The van der Waals surface area contributed by atoms with Crippen LogP contribution >= 0.6 is 0 Å². The fourth-order valence-electron chi connectivity index (χ4n) is 3.37. The van der Waals surface area contributed by atoms with Gasteiger partial charge in [-0.1, -0.05) is 54.6 Å². The number of halogens is 1. The van der Waals surface area contributed by atoms with Crippen LogP contribution in [0.5, 0.6) is 0 Å². The van der Waals surface area contributed by atoms with Gasteiger partial charge in [0.25, 0.3) is 0 Å². The van der Waals surface area contributed by atoms with E-state index in [0.29, 0.717) is 11.1 Å². The minimum atomic E-state index is -3.94. The smallest absolute Gasteiger partial charge is 0.216 e. The second kappa shape index (κ2) is 7.97. The molecule has 0 saturated carbocycles. The van der Waals surface area contributed by atoms with Crippen molar-refractivity contribution in [3.8, 4) is 6.07 Å². The third kappa shape index (κ3) is 3.63. The lowest BCUT2D eigenvalue weighted by atomic mass is 10.1. The maximum Gasteiger partial charge on any atom is 0.216 e. The summed E-state index contributed by atoms with van der Waals surface area (Å²) in [5, 5.41) is 10.4. The quantitative estimate of drug-likeness (QED) is 0.422. The lowest BCUT2D eigenvalue weighted by Crippen LogP contribution is -2.03. The maximum absolute atomic E-state index is 14.1. The molecule has 4 nitrogen and oxygen atoms in total. The number of allylic oxidation sites excluding steroid dienone is 1. The summed E-state index contributed by atoms with van der Waals surface area (Å²) in [6, 6.07) is 23.6. The molecule has 0 spiro atoms. The molecule has 0 fully saturated rings. The van der Waals surface area contributed by atoms with Crippen LogP contribution in [-0.4, -0.2) is 13.0 Å². The van der Waals surface area contributed by atoms with Crippen LogP contribution in [0.15, 0.2) is 94.9 Å². The van der Waals surface area contributed by atoms with Crippen molar-refractivity contribution in [2.75, 3.05) is 0 Å². The molecule has 4 rings (SSSR count). The van der Waals surface area contributed by atoms with Crippen LogP contribution in [0.4, 0.5) is 4.39 Å². The van der Waals surface area contributed by atoms with Crippen LogP contribution in [0.1, 0.15) is 11.1 Å². The molecule has 0 saturated heterocycles. The first-order valence-corrected chi connectivity index (χ1v) is 10.7. The van der Waals surface area contributed by atoms with Gasteiger partial charge in [-0.15, -0.1) is 0 Å². The lowest BCUT2D eigenvalue weighted by molar-refractivity contribution is 0.602. The SMILES string of the molecule is N#C/C(=C/c1cn(Cc2ccccc2F)c2ccccc12)S(=O)(=O)c1ccccc1. The van der Waals surface area contributed by atoms with E-state index in [1.54, 1.807) is 42.6 Å². The second-order valence-electron chi connectivity index (χ2n) is 6.76. The van der Waals surface area contributed by atoms with Crippen LogP contribution in [0.25, 0.3) is 17.0 Å². The fraction of sp³-hybridized carbons (Fsp3) is 0.0417. The average Bonchev–Trinajstić information content (AvgIpc) is 3.11. The summed E-state index contributed by atoms with van der Waals surface area (Å²) in [5.74, 6) is -0.309. The number of hydrogen-bond donors (Lipinski definition) is 0. The van der Waals surface area contributed by atoms with Crippen LogP contribution in [0.2, 0.25) is 0 Å². The Balaban J connectivity index is 1.83. The number of aromatic nitrogens is 1. The van der Waals surface area contributed by atoms with Gasteiger partial charge in [-0.2, -0.15) is 5.26 Å². The summed E-state index contributed by atoms with van der Waals surface area (Å²) in [6.45, 7) is 0.286. The molecule has 0 atom stereocenters. The van der Waals surface area contributed by atoms with Gasteiger partial charge in [0.1, 0.15) is 16.8 Å². The Morgan fingerprint density at radius 3 is 2.37 bits per heavy atom. The highest BCUT2D eigenvalue weighted by atomic mass is 32.2. The summed E-state index contributed by atoms with van der Waals surface area (Å²) in [5.41, 5.74) is 1.92. The van der Waals surface area contributed by atoms with Gasteiger partial charge in [-0.25, -0.2) is 12.8 Å². The summed E-state index contributed by atoms with van der Waals surface area (Å²) in [7, 11) is -3.94. The van der Waals surface area contributed by atoms with E-state index >= 15 is 0 Å². The molecule has 6 heteroatoms. The van der Waals surface area contributed by atoms with Crippen molar-refractivity contribution < 1.29 is 12.8 Å². The van der Waals surface area contributed by atoms with Crippen LogP contribution < -0.4 is 0 Å². The molecule has 3 aromatic carbocycles. The zero-order valence-electron chi connectivity index (χ0n) is 15.9. The van der Waals surface area contributed by atoms with Crippen LogP contribution in [0, 0.1) is 17.1 Å². The topological polar surface area (TPSA) is 62.9 Å². The molecule has 0 aliphatic heterocycles. The number of rotatable bonds is 5. The monoisotopic (exact) mass is 416 g/mol. The predicted octanol–water partition coefficient (Wildman–Crippen LogP) is 5.17. The molecular formula is C24H17FN2O2S. The highest BCUT2D eigenvalue weighted by Gasteiger charge is 2.21. The number of fused-ring (bicyclic) bond motifs is 1. The number of nitrogens with zero attached hydrogens (tertiary/aromatic N) is 2. The largest absolute Gasteiger partial charge is 0.342 e. The summed E-state index contributed by atoms with van der Waals surface area (Å²) in [6.07, 6.45) is 3.12. The van der Waals surface area contributed by atoms with E-state index in [-0.39, 0.29) is 22.2 Å². The first-order valence-electron chi connectivity index (χ1n) is 9.24. The molecule has 1 aromatic heterocycles. The van der Waals surface area contributed by atoms with Crippen LogP contribution in [0.3, 0.4) is 0 Å². The van der Waals surface area contributed by atoms with Gasteiger partial charge in [-0.05, 0) is 30.3 Å². The molecule has 4 aromatic rings. The number of sulfone groups is 1. The third-order valence-corrected chi connectivity index (χ3v) is 6.54. The van der Waals surface area contributed by atoms with Crippen molar-refractivity contribution in [3.63, 3.8) is 0 Å². The first kappa shape index (κ1) is 19.6. The van der Waals surface area contributed by atoms with E-state index < -0.39 is 9.84 Å². The molecule has 0 N–H and O–H groups in total. The summed E-state index contributed by atoms with van der Waals surface area (Å²) in [4.78, 5) is -0.282. The molecule has 148 valence electrons. The molecule has 0 bridgehead atoms. The molecule has 30 heavy (non-hydrogen) atoms. The molecule has 0 aliphatic rings. The molecule has 0 radical (unpaired) electrons. The Hall–Kier alpha value is -3.69. The zero-order valence-corrected chi connectivity index (χ0v) is 16.7. The van der Waals surface area contributed by atoms with E-state index in [1.807, 2.05) is 34.9 Å². The van der Waals surface area contributed by atoms with Gasteiger partial charge in [0.05, 0.1) is 11.4 Å². The van der Waals surface area contributed by atoms with Gasteiger partial charge in [0.2, 0.25) is 9.84 Å². The normalized spacial score (nSPS) is 12.1. The third-order valence-electron chi connectivity index (χ3n) is 4.86. The zero-order chi connectivity index (χ0) is 21.1. The van der Waals surface area contributed by atoms with E-state index in [9.17, 15) is 18.1 Å². The van der Waals surface area contributed by atoms with E-state index in [4.69, 9.17) is 0 Å². The summed E-state index contributed by atoms with van der Waals surface area (Å²) >= 11 is 0. The first-order chi connectivity index (χ1) is 14.5. The Morgan fingerprint density at radius 2 is 1.63 bits per heavy atom. The Morgan fingerprint density at radius 1 is 0.967 bits per heavy atom. The van der Waals surface area contributed by atoms with Gasteiger partial charge >= 0.3 is 0 Å². The number of para-hydroxylation sites is 1. The Kier molecular flexibility index (Phi) is 5.21. The fourth-order valence-corrected chi connectivity index (χ4v) is 4.54. The highest BCUT2D eigenvalue weighted by Crippen LogP contribution is 2.27. The van der Waals surface area contributed by atoms with Crippen molar-refractivity contribution in [3.05, 3.63) is 107 Å². The van der Waals surface area contributed by atoms with Gasteiger partial charge in [-0.3, -0.25) is 0 Å². The van der Waals surface area contributed by atoms with Crippen molar-refractivity contribution >= 4 is 26.8 Å². The van der Waals surface area contributed by atoms with Gasteiger partial charge < -0.3 is 4.57 Å². The molecule has 0 unspecified atom stereocenters. The predicted molar refractivity (Wildman–Crippen MR) is 115 cm³/mol. The minimum absolute atomic E-state index is 0.0629. The Labute approximate surface area is 174 Å². The molecule has 0 aliphatic carbocycles. The Bertz CT molecular complexity index is 1400. The maximum atomic E-state index is 14.1. The standard InChI is InChI=1S/C24H17FN2O2S/c25-23-12-6-4-8-18(23)16-27-17-19(22-11-5-7-13-24(22)27)14-21(15-26)30(28,29)20-9-2-1-3-10-20/h1-14,17H,16H2/b21-14-.